The van der Waals surface area contributed by atoms with Gasteiger partial charge in [0.15, 0.2) is 0 Å². The van der Waals surface area contributed by atoms with Crippen LogP contribution in [0.15, 0.2) is 243 Å². The van der Waals surface area contributed by atoms with E-state index in [1.54, 1.807) is 121 Å². The normalized spacial score (nSPS) is 13.9. The second kappa shape index (κ2) is 27.5. The fourth-order valence-electron chi connectivity index (χ4n) is 13.9. The molecule has 2 heterocycles. The van der Waals surface area contributed by atoms with E-state index in [1.165, 1.54) is 48.5 Å². The number of halogens is 12. The molecule has 26 heteroatoms. The second-order valence-electron chi connectivity index (χ2n) is 26.0. The lowest BCUT2D eigenvalue weighted by molar-refractivity contribution is -0.258. The topological polar surface area (TPSA) is 170 Å². The van der Waals surface area contributed by atoms with Gasteiger partial charge in [-0.2, -0.15) is 52.7 Å². The Labute approximate surface area is 614 Å². The number of hydrogen-bond acceptors (Lipinski definition) is 10. The van der Waals surface area contributed by atoms with Crippen molar-refractivity contribution >= 4 is 78.5 Å². The molecular formula is C84H52F12N4O10. The first-order valence-electron chi connectivity index (χ1n) is 33.7. The standard InChI is InChI=1S/C84H52F12N4O10/c1-43(73(101)97-79(81(85,86)87)82(88,89)90)99-75(103)57-39-61(107-53-31-23-49(24-32-53)45-15-7-3-8-16-45)67-69-63(109-55-35-27-51(28-36-55)47-19-11-5-12-20-47)41-59-66-60(78(106)100(77(59)105)44(2)74(102)98-80(83(91,92)93)84(94,95)96)42-64(110-56-37-29-52(30-38-56)48-21-13-6-14-22-48)70(72(66)69)68-62(40-58(76(99)104)65(57)71(67)68)108-54-33-25-50(26-34-54)46-17-9-4-10-18-46/h3-44,79-80H,1-2H3,(H,97,101)(H,98,102). The summed E-state index contributed by atoms with van der Waals surface area (Å²) in [5.74, 6) is -11.5. The number of alkyl halides is 12. The van der Waals surface area contributed by atoms with Crippen LogP contribution in [0.3, 0.4) is 0 Å². The summed E-state index contributed by atoms with van der Waals surface area (Å²) >= 11 is 0. The van der Waals surface area contributed by atoms with Crippen LogP contribution in [-0.4, -0.2) is 94.1 Å². The maximum absolute atomic E-state index is 15.8. The molecule has 2 unspecified atom stereocenters. The van der Waals surface area contributed by atoms with Crippen molar-refractivity contribution < 1.29 is 100 Å². The lowest BCUT2D eigenvalue weighted by atomic mass is 9.80. The minimum absolute atomic E-state index is 0.00328. The van der Waals surface area contributed by atoms with Crippen molar-refractivity contribution in [2.45, 2.75) is 62.7 Å². The molecule has 14 nitrogen and oxygen atoms in total. The number of carbonyl (C=O) groups excluding carboxylic acids is 6. The Morgan fingerprint density at radius 2 is 0.473 bits per heavy atom. The zero-order chi connectivity index (χ0) is 77.6. The van der Waals surface area contributed by atoms with Crippen molar-refractivity contribution in [1.29, 1.82) is 0 Å². The van der Waals surface area contributed by atoms with E-state index < -0.39 is 107 Å². The van der Waals surface area contributed by atoms with Gasteiger partial charge in [-0.25, -0.2) is 0 Å². The van der Waals surface area contributed by atoms with E-state index in [0.29, 0.717) is 22.3 Å². The van der Waals surface area contributed by atoms with Gasteiger partial charge in [-0.1, -0.05) is 170 Å². The van der Waals surface area contributed by atoms with Crippen molar-refractivity contribution in [3.8, 4) is 90.5 Å². The molecule has 15 rings (SSSR count). The number of hydrogen-bond donors (Lipinski definition) is 2. The van der Waals surface area contributed by atoms with E-state index in [0.717, 1.165) is 71.0 Å². The van der Waals surface area contributed by atoms with Crippen LogP contribution in [0, 0.1) is 0 Å². The molecular weight excluding hydrogens is 1450 g/mol. The number of nitrogens with one attached hydrogen (secondary N) is 2. The summed E-state index contributed by atoms with van der Waals surface area (Å²) in [6.45, 7) is 1.47. The third-order valence-corrected chi connectivity index (χ3v) is 19.1. The molecule has 2 aliphatic heterocycles. The molecule has 2 atom stereocenters. The maximum Gasteiger partial charge on any atom is 0.417 e. The molecule has 552 valence electrons. The minimum Gasteiger partial charge on any atom is -0.457 e. The number of benzene rings is 13. The Morgan fingerprint density at radius 3 is 0.664 bits per heavy atom. The van der Waals surface area contributed by atoms with Crippen LogP contribution in [0.5, 0.6) is 46.0 Å². The first-order valence-corrected chi connectivity index (χ1v) is 33.7. The Hall–Kier alpha value is -13.3. The van der Waals surface area contributed by atoms with Gasteiger partial charge in [-0.15, -0.1) is 0 Å². The van der Waals surface area contributed by atoms with E-state index in [4.69, 9.17) is 18.9 Å². The van der Waals surface area contributed by atoms with E-state index in [9.17, 15) is 62.3 Å². The van der Waals surface area contributed by atoms with Gasteiger partial charge in [0.05, 0.1) is 22.3 Å². The Balaban J connectivity index is 1.07. The number of carbonyl (C=O) groups is 6. The van der Waals surface area contributed by atoms with Crippen LogP contribution < -0.4 is 29.6 Å². The SMILES string of the molecule is CC(C(=O)NC(C(F)(F)F)C(F)(F)F)N1C(=O)c2cc(Oc3ccc(-c4ccccc4)cc3)c3c4c(Oc5ccc(-c6ccccc6)cc5)cc5c6c(cc(Oc7ccc(-c8ccccc8)cc7)c(c7c(Oc8ccc(-c9ccccc9)cc8)cc(c2c37)C1=O)c64)C(=O)N(C(C)C(=O)NC(C(F)(F)F)C(F)(F)F)C5=O. The molecule has 13 aromatic carbocycles. The van der Waals surface area contributed by atoms with Crippen molar-refractivity contribution in [3.63, 3.8) is 0 Å². The lowest BCUT2D eigenvalue weighted by Gasteiger charge is -2.35. The molecule has 2 aliphatic rings. The summed E-state index contributed by atoms with van der Waals surface area (Å²) in [4.78, 5) is 91.9. The average molecular weight is 1510 g/mol. The molecule has 0 aromatic heterocycles. The van der Waals surface area contributed by atoms with Crippen molar-refractivity contribution in [2.24, 2.45) is 0 Å². The summed E-state index contributed by atoms with van der Waals surface area (Å²) in [6, 6.07) is 52.2. The number of fused-ring (bicyclic) bond motifs is 2. The van der Waals surface area contributed by atoms with Gasteiger partial charge in [0.1, 0.15) is 58.1 Å². The monoisotopic (exact) mass is 1500 g/mol. The highest BCUT2D eigenvalue weighted by Crippen LogP contribution is 2.58. The van der Waals surface area contributed by atoms with Gasteiger partial charge >= 0.3 is 24.7 Å². The molecule has 6 amide bonds. The second-order valence-corrected chi connectivity index (χ2v) is 26.0. The number of imide groups is 2. The van der Waals surface area contributed by atoms with Gasteiger partial charge in [0, 0.05) is 43.1 Å². The summed E-state index contributed by atoms with van der Waals surface area (Å²) in [7, 11) is 0. The van der Waals surface area contributed by atoms with E-state index in [-0.39, 0.29) is 98.9 Å². The molecule has 0 aliphatic carbocycles. The maximum atomic E-state index is 15.8. The van der Waals surface area contributed by atoms with Crippen molar-refractivity contribution in [1.82, 2.24) is 20.4 Å². The zero-order valence-electron chi connectivity index (χ0n) is 56.9. The third-order valence-electron chi connectivity index (χ3n) is 19.1. The molecule has 0 radical (unpaired) electrons. The lowest BCUT2D eigenvalue weighted by Crippen LogP contribution is -2.60. The van der Waals surface area contributed by atoms with Crippen LogP contribution >= 0.6 is 0 Å². The number of nitrogens with zero attached hydrogens (tertiary/aromatic N) is 2. The van der Waals surface area contributed by atoms with Gasteiger partial charge < -0.3 is 29.6 Å². The van der Waals surface area contributed by atoms with Crippen LogP contribution in [0.2, 0.25) is 0 Å². The van der Waals surface area contributed by atoms with Gasteiger partial charge in [-0.3, -0.25) is 38.6 Å². The first kappa shape index (κ1) is 72.3. The molecule has 110 heavy (non-hydrogen) atoms. The smallest absolute Gasteiger partial charge is 0.417 e. The largest absolute Gasteiger partial charge is 0.457 e. The van der Waals surface area contributed by atoms with Crippen LogP contribution in [0.25, 0.3) is 87.6 Å². The molecule has 13 aromatic rings. The summed E-state index contributed by atoms with van der Waals surface area (Å²) in [5, 5.41) is 0.185. The molecule has 0 bridgehead atoms. The molecule has 0 saturated carbocycles. The minimum atomic E-state index is -6.14. The Bertz CT molecular complexity index is 5150. The predicted octanol–water partition coefficient (Wildman–Crippen LogP) is 20.8. The van der Waals surface area contributed by atoms with Crippen LogP contribution in [0.4, 0.5) is 52.7 Å². The van der Waals surface area contributed by atoms with Gasteiger partial charge in [0.2, 0.25) is 23.9 Å². The summed E-state index contributed by atoms with van der Waals surface area (Å²) < 4.78 is 199. The van der Waals surface area contributed by atoms with E-state index in [2.05, 4.69) is 0 Å². The van der Waals surface area contributed by atoms with E-state index in [1.807, 2.05) is 48.5 Å². The first-order chi connectivity index (χ1) is 52.4. The highest BCUT2D eigenvalue weighted by atomic mass is 19.4. The summed E-state index contributed by atoms with van der Waals surface area (Å²) in [6.07, 6.45) is -24.6. The van der Waals surface area contributed by atoms with Gasteiger partial charge in [-0.05, 0) is 131 Å². The third kappa shape index (κ3) is 13.2. The zero-order valence-corrected chi connectivity index (χ0v) is 56.9. The highest BCUT2D eigenvalue weighted by molar-refractivity contribution is 6.45. The van der Waals surface area contributed by atoms with Crippen molar-refractivity contribution in [3.05, 3.63) is 265 Å². The van der Waals surface area contributed by atoms with Crippen molar-refractivity contribution in [2.75, 3.05) is 0 Å². The Kier molecular flexibility index (Phi) is 18.1. The Morgan fingerprint density at radius 1 is 0.282 bits per heavy atom. The van der Waals surface area contributed by atoms with Crippen LogP contribution in [0.1, 0.15) is 55.3 Å². The molecule has 2 N–H and O–H groups in total. The molecule has 0 spiro atoms. The molecule has 0 fully saturated rings. The number of ether oxygens (including phenoxy) is 4. The fourth-order valence-corrected chi connectivity index (χ4v) is 13.9. The van der Waals surface area contributed by atoms with Crippen LogP contribution in [-0.2, 0) is 9.59 Å². The fraction of sp³-hybridized carbons (Fsp3) is 0.119. The quantitative estimate of drug-likeness (QED) is 0.0365. The number of rotatable bonds is 18. The number of amides is 6. The predicted molar refractivity (Wildman–Crippen MR) is 383 cm³/mol. The van der Waals surface area contributed by atoms with E-state index >= 15 is 19.2 Å². The highest BCUT2D eigenvalue weighted by Gasteiger charge is 2.60. The summed E-state index contributed by atoms with van der Waals surface area (Å²) in [5.41, 5.74) is 3.40. The molecule has 0 saturated heterocycles. The average Bonchev–Trinajstić information content (AvgIpc) is 0.670. The van der Waals surface area contributed by atoms with Gasteiger partial charge in [0.25, 0.3) is 23.6 Å².